The van der Waals surface area contributed by atoms with Crippen molar-refractivity contribution in [2.75, 3.05) is 4.90 Å². The van der Waals surface area contributed by atoms with Gasteiger partial charge in [-0.15, -0.1) is 11.3 Å². The van der Waals surface area contributed by atoms with Gasteiger partial charge in [-0.3, -0.25) is 0 Å². The van der Waals surface area contributed by atoms with Crippen LogP contribution in [0, 0.1) is 0 Å². The first-order chi connectivity index (χ1) is 29.9. The van der Waals surface area contributed by atoms with Crippen LogP contribution in [0.25, 0.3) is 64.7 Å². The smallest absolute Gasteiger partial charge is 0.0467 e. The molecule has 0 radical (unpaired) electrons. The molecule has 2 aliphatic rings. The van der Waals surface area contributed by atoms with Crippen LogP contribution in [0.15, 0.2) is 206 Å². The van der Waals surface area contributed by atoms with Crippen LogP contribution >= 0.6 is 11.3 Å². The minimum Gasteiger partial charge on any atom is -0.310 e. The normalized spacial score (nSPS) is 15.7. The second kappa shape index (κ2) is 13.5. The van der Waals surface area contributed by atoms with Crippen LogP contribution in [0.3, 0.4) is 0 Å². The Labute approximate surface area is 361 Å². The standard InChI is InChI=1S/C59H43NS/c1-58(2)52-24-10-7-20-47(52)51-23-14-22-45(57(51)58)38-27-30-42(31-28-38)60(43-18-13-15-39(35-43)40-29-33-50-49-21-9-12-26-55(49)61-56(50)36-40)44-32-34-48-46-19-8-11-25-53(46)59(3,54(48)37-44)41-16-5-4-6-17-41/h4-37H,1-3H3. The topological polar surface area (TPSA) is 3.24 Å². The molecule has 12 rings (SSSR count). The Kier molecular flexibility index (Phi) is 7.95. The fourth-order valence-electron chi connectivity index (χ4n) is 10.8. The summed E-state index contributed by atoms with van der Waals surface area (Å²) < 4.78 is 2.64. The lowest BCUT2D eigenvalue weighted by molar-refractivity contribution is 0.662. The highest BCUT2D eigenvalue weighted by molar-refractivity contribution is 7.25. The van der Waals surface area contributed by atoms with Gasteiger partial charge in [-0.05, 0) is 128 Å². The van der Waals surface area contributed by atoms with E-state index in [1.807, 2.05) is 11.3 Å². The summed E-state index contributed by atoms with van der Waals surface area (Å²) in [5.41, 5.74) is 20.0. The maximum absolute atomic E-state index is 2.45. The fourth-order valence-corrected chi connectivity index (χ4v) is 11.9. The maximum atomic E-state index is 2.45. The molecule has 61 heavy (non-hydrogen) atoms. The number of rotatable bonds is 6. The Balaban J connectivity index is 1.02. The van der Waals surface area contributed by atoms with Crippen LogP contribution in [-0.2, 0) is 10.8 Å². The van der Waals surface area contributed by atoms with Gasteiger partial charge in [0.2, 0.25) is 0 Å². The third kappa shape index (κ3) is 5.38. The Morgan fingerprint density at radius 1 is 0.361 bits per heavy atom. The van der Waals surface area contributed by atoms with Crippen LogP contribution in [0.2, 0.25) is 0 Å². The molecular formula is C59H43NS. The summed E-state index contributed by atoms with van der Waals surface area (Å²) in [6, 6.07) is 76.9. The van der Waals surface area contributed by atoms with E-state index in [2.05, 4.69) is 232 Å². The number of benzene rings is 9. The predicted molar refractivity (Wildman–Crippen MR) is 260 cm³/mol. The van der Waals surface area contributed by atoms with Gasteiger partial charge >= 0.3 is 0 Å². The van der Waals surface area contributed by atoms with Gasteiger partial charge in [0.1, 0.15) is 0 Å². The monoisotopic (exact) mass is 797 g/mol. The molecule has 0 bridgehead atoms. The molecular weight excluding hydrogens is 755 g/mol. The largest absolute Gasteiger partial charge is 0.310 e. The van der Waals surface area contributed by atoms with E-state index >= 15 is 0 Å². The van der Waals surface area contributed by atoms with Gasteiger partial charge < -0.3 is 4.90 Å². The average Bonchev–Trinajstić information content (AvgIpc) is 3.90. The molecule has 0 saturated heterocycles. The first-order valence-electron chi connectivity index (χ1n) is 21.3. The quantitative estimate of drug-likeness (QED) is 0.162. The van der Waals surface area contributed by atoms with E-state index in [9.17, 15) is 0 Å². The van der Waals surface area contributed by atoms with Gasteiger partial charge in [-0.1, -0.05) is 172 Å². The summed E-state index contributed by atoms with van der Waals surface area (Å²) in [5.74, 6) is 0. The summed E-state index contributed by atoms with van der Waals surface area (Å²) in [7, 11) is 0. The number of hydrogen-bond acceptors (Lipinski definition) is 2. The highest BCUT2D eigenvalue weighted by atomic mass is 32.1. The van der Waals surface area contributed by atoms with Crippen molar-refractivity contribution >= 4 is 48.6 Å². The van der Waals surface area contributed by atoms with Crippen molar-refractivity contribution in [1.82, 2.24) is 0 Å². The van der Waals surface area contributed by atoms with Crippen LogP contribution < -0.4 is 4.90 Å². The van der Waals surface area contributed by atoms with Gasteiger partial charge in [0.25, 0.3) is 0 Å². The highest BCUT2D eigenvalue weighted by Crippen LogP contribution is 2.55. The molecule has 2 aliphatic carbocycles. The van der Waals surface area contributed by atoms with E-state index in [4.69, 9.17) is 0 Å². The van der Waals surface area contributed by atoms with Gasteiger partial charge in [0, 0.05) is 48.1 Å². The third-order valence-corrected chi connectivity index (χ3v) is 14.9. The highest BCUT2D eigenvalue weighted by Gasteiger charge is 2.41. The fraction of sp³-hybridized carbons (Fsp3) is 0.0847. The molecule has 1 unspecified atom stereocenters. The van der Waals surface area contributed by atoms with Crippen LogP contribution in [-0.4, -0.2) is 0 Å². The van der Waals surface area contributed by atoms with Gasteiger partial charge in [0.05, 0.1) is 0 Å². The van der Waals surface area contributed by atoms with E-state index in [0.29, 0.717) is 0 Å². The van der Waals surface area contributed by atoms with E-state index in [1.54, 1.807) is 0 Å². The molecule has 0 fully saturated rings. The Bertz CT molecular complexity index is 3350. The van der Waals surface area contributed by atoms with E-state index in [-0.39, 0.29) is 10.8 Å². The zero-order chi connectivity index (χ0) is 40.9. The molecule has 0 spiro atoms. The first-order valence-corrected chi connectivity index (χ1v) is 22.2. The molecule has 0 N–H and O–H groups in total. The molecule has 0 aliphatic heterocycles. The van der Waals surface area contributed by atoms with Gasteiger partial charge in [-0.2, -0.15) is 0 Å². The van der Waals surface area contributed by atoms with Gasteiger partial charge in [-0.25, -0.2) is 0 Å². The minimum atomic E-state index is -0.307. The molecule has 1 nitrogen and oxygen atoms in total. The molecule has 10 aromatic rings. The molecule has 0 amide bonds. The maximum Gasteiger partial charge on any atom is 0.0467 e. The van der Waals surface area contributed by atoms with Crippen molar-refractivity contribution in [2.45, 2.75) is 31.6 Å². The zero-order valence-corrected chi connectivity index (χ0v) is 35.3. The molecule has 1 atom stereocenters. The summed E-state index contributed by atoms with van der Waals surface area (Å²) >= 11 is 1.87. The molecule has 1 heterocycles. The minimum absolute atomic E-state index is 0.0973. The van der Waals surface area contributed by atoms with Crippen LogP contribution in [0.4, 0.5) is 17.1 Å². The number of nitrogens with zero attached hydrogens (tertiary/aromatic N) is 1. The molecule has 0 saturated carbocycles. The summed E-state index contributed by atoms with van der Waals surface area (Å²) in [5, 5.41) is 2.64. The van der Waals surface area contributed by atoms with E-state index < -0.39 is 0 Å². The molecule has 9 aromatic carbocycles. The summed E-state index contributed by atoms with van der Waals surface area (Å²) in [6.07, 6.45) is 0. The van der Waals surface area contributed by atoms with E-state index in [1.165, 1.54) is 92.5 Å². The molecule has 290 valence electrons. The second-order valence-electron chi connectivity index (χ2n) is 17.4. The summed E-state index contributed by atoms with van der Waals surface area (Å²) in [4.78, 5) is 2.45. The van der Waals surface area contributed by atoms with Crippen molar-refractivity contribution in [2.24, 2.45) is 0 Å². The SMILES string of the molecule is CC1(C)c2ccccc2-c2cccc(-c3ccc(N(c4cccc(-c5ccc6c(c5)sc5ccccc56)c4)c4ccc5c(c4)C(C)(c4ccccc4)c4ccccc4-5)cc3)c21. The van der Waals surface area contributed by atoms with Crippen molar-refractivity contribution in [1.29, 1.82) is 0 Å². The summed E-state index contributed by atoms with van der Waals surface area (Å²) in [6.45, 7) is 7.15. The molecule has 2 heteroatoms. The Morgan fingerprint density at radius 2 is 0.951 bits per heavy atom. The first kappa shape index (κ1) is 35.9. The number of hydrogen-bond donors (Lipinski definition) is 0. The zero-order valence-electron chi connectivity index (χ0n) is 34.5. The van der Waals surface area contributed by atoms with E-state index in [0.717, 1.165) is 17.1 Å². The van der Waals surface area contributed by atoms with Crippen molar-refractivity contribution in [3.8, 4) is 44.5 Å². The number of anilines is 3. The molecule has 1 aromatic heterocycles. The van der Waals surface area contributed by atoms with Gasteiger partial charge in [0.15, 0.2) is 0 Å². The lowest BCUT2D eigenvalue weighted by atomic mass is 9.74. The van der Waals surface area contributed by atoms with Crippen molar-refractivity contribution in [3.63, 3.8) is 0 Å². The number of fused-ring (bicyclic) bond motifs is 9. The average molecular weight is 798 g/mol. The number of thiophene rings is 1. The van der Waals surface area contributed by atoms with Crippen molar-refractivity contribution in [3.05, 3.63) is 234 Å². The predicted octanol–water partition coefficient (Wildman–Crippen LogP) is 16.5. The van der Waals surface area contributed by atoms with Crippen molar-refractivity contribution < 1.29 is 0 Å². The third-order valence-electron chi connectivity index (χ3n) is 13.7. The lowest BCUT2D eigenvalue weighted by Gasteiger charge is -2.31. The Hall–Kier alpha value is -7.00. The van der Waals surface area contributed by atoms with Crippen LogP contribution in [0.1, 0.15) is 48.6 Å². The second-order valence-corrected chi connectivity index (χ2v) is 18.5. The Morgan fingerprint density at radius 3 is 1.79 bits per heavy atom. The lowest BCUT2D eigenvalue weighted by Crippen LogP contribution is -2.22. The van der Waals surface area contributed by atoms with Crippen LogP contribution in [0.5, 0.6) is 0 Å².